The molecule has 1 unspecified atom stereocenters. The number of hydrogen-bond donors (Lipinski definition) is 2. The minimum atomic E-state index is -0.254. The van der Waals surface area contributed by atoms with Gasteiger partial charge in [0.15, 0.2) is 0 Å². The second-order valence-corrected chi connectivity index (χ2v) is 5.45. The molecule has 3 rings (SSSR count). The third-order valence-electron chi connectivity index (χ3n) is 2.87. The van der Waals surface area contributed by atoms with Crippen LogP contribution in [0.5, 0.6) is 0 Å². The van der Waals surface area contributed by atoms with Crippen molar-refractivity contribution in [3.8, 4) is 0 Å². The molecule has 0 saturated carbocycles. The van der Waals surface area contributed by atoms with E-state index in [-0.39, 0.29) is 11.4 Å². The van der Waals surface area contributed by atoms with Crippen molar-refractivity contribution >= 4 is 46.2 Å². The van der Waals surface area contributed by atoms with Crippen LogP contribution in [0.25, 0.3) is 16.3 Å². The smallest absolute Gasteiger partial charge is 0.272 e. The summed E-state index contributed by atoms with van der Waals surface area (Å²) in [4.78, 5) is 17.7. The number of fused-ring (bicyclic) bond motifs is 1. The fraction of sp³-hybridized carbons (Fsp3) is 0.167. The summed E-state index contributed by atoms with van der Waals surface area (Å²) in [6, 6.07) is 5.94. The van der Waals surface area contributed by atoms with Crippen LogP contribution in [0, 0.1) is 0 Å². The predicted octanol–water partition coefficient (Wildman–Crippen LogP) is 1.91. The minimum absolute atomic E-state index is 0.0422. The first-order chi connectivity index (χ1) is 8.65. The van der Waals surface area contributed by atoms with E-state index in [9.17, 15) is 4.79 Å². The van der Waals surface area contributed by atoms with Crippen LogP contribution in [-0.2, 0) is 4.79 Å². The predicted molar refractivity (Wildman–Crippen MR) is 76.3 cm³/mol. The second-order valence-electron chi connectivity index (χ2n) is 4.07. The highest BCUT2D eigenvalue weighted by Crippen LogP contribution is 2.22. The zero-order valence-electron chi connectivity index (χ0n) is 9.62. The molecular formula is C12H11N3OS2. The SMILES string of the molecule is CN1C(=O)/C(=C/c2ccc3ncsc3c2)NC1S. The molecule has 1 fully saturated rings. The number of thiol groups is 1. The fourth-order valence-electron chi connectivity index (χ4n) is 1.83. The minimum Gasteiger partial charge on any atom is -0.352 e. The van der Waals surface area contributed by atoms with Crippen LogP contribution in [0.1, 0.15) is 5.56 Å². The van der Waals surface area contributed by atoms with Crippen molar-refractivity contribution in [1.82, 2.24) is 15.2 Å². The van der Waals surface area contributed by atoms with Crippen LogP contribution in [0.3, 0.4) is 0 Å². The summed E-state index contributed by atoms with van der Waals surface area (Å²) < 4.78 is 1.12. The first kappa shape index (κ1) is 11.6. The number of nitrogens with zero attached hydrogens (tertiary/aromatic N) is 2. The summed E-state index contributed by atoms with van der Waals surface area (Å²) in [5.74, 6) is -0.0422. The number of rotatable bonds is 1. The van der Waals surface area contributed by atoms with Crippen molar-refractivity contribution < 1.29 is 4.79 Å². The lowest BCUT2D eigenvalue weighted by Crippen LogP contribution is -2.28. The highest BCUT2D eigenvalue weighted by Gasteiger charge is 2.28. The number of amides is 1. The van der Waals surface area contributed by atoms with Gasteiger partial charge in [0.05, 0.1) is 15.7 Å². The number of hydrogen-bond acceptors (Lipinski definition) is 5. The molecule has 1 N–H and O–H groups in total. The van der Waals surface area contributed by atoms with E-state index in [1.807, 2.05) is 29.8 Å². The van der Waals surface area contributed by atoms with Gasteiger partial charge in [0, 0.05) is 7.05 Å². The van der Waals surface area contributed by atoms with Gasteiger partial charge in [-0.05, 0) is 23.8 Å². The number of carbonyl (C=O) groups excluding carboxylic acids is 1. The number of nitrogens with one attached hydrogen (secondary N) is 1. The van der Waals surface area contributed by atoms with Gasteiger partial charge in [-0.1, -0.05) is 6.07 Å². The first-order valence-electron chi connectivity index (χ1n) is 5.42. The van der Waals surface area contributed by atoms with Crippen LogP contribution < -0.4 is 5.32 Å². The highest BCUT2D eigenvalue weighted by molar-refractivity contribution is 7.80. The molecule has 1 saturated heterocycles. The molecule has 1 aliphatic rings. The van der Waals surface area contributed by atoms with E-state index in [4.69, 9.17) is 0 Å². The molecular weight excluding hydrogens is 266 g/mol. The van der Waals surface area contributed by atoms with E-state index in [1.54, 1.807) is 23.3 Å². The summed E-state index contributed by atoms with van der Waals surface area (Å²) in [6.45, 7) is 0. The van der Waals surface area contributed by atoms with Crippen LogP contribution in [0.2, 0.25) is 0 Å². The lowest BCUT2D eigenvalue weighted by molar-refractivity contribution is -0.123. The molecule has 0 spiro atoms. The first-order valence-corrected chi connectivity index (χ1v) is 6.81. The molecule has 1 atom stereocenters. The van der Waals surface area contributed by atoms with Crippen molar-refractivity contribution in [2.75, 3.05) is 7.05 Å². The number of likely N-dealkylation sites (N-methyl/N-ethyl adjacent to an activating group) is 1. The van der Waals surface area contributed by atoms with Gasteiger partial charge in [0.1, 0.15) is 11.2 Å². The van der Waals surface area contributed by atoms with Gasteiger partial charge in [0.2, 0.25) is 0 Å². The van der Waals surface area contributed by atoms with Gasteiger partial charge in [-0.2, -0.15) is 0 Å². The quantitative estimate of drug-likeness (QED) is 0.618. The van der Waals surface area contributed by atoms with Gasteiger partial charge in [0.25, 0.3) is 5.91 Å². The topological polar surface area (TPSA) is 45.2 Å². The molecule has 18 heavy (non-hydrogen) atoms. The van der Waals surface area contributed by atoms with Crippen LogP contribution >= 0.6 is 24.0 Å². The molecule has 92 valence electrons. The van der Waals surface area contributed by atoms with Crippen LogP contribution in [-0.4, -0.2) is 28.3 Å². The third kappa shape index (κ3) is 1.87. The average Bonchev–Trinajstić information content (AvgIpc) is 2.91. The van der Waals surface area contributed by atoms with Crippen molar-refractivity contribution in [2.24, 2.45) is 0 Å². The normalized spacial score (nSPS) is 21.9. The van der Waals surface area contributed by atoms with E-state index in [0.29, 0.717) is 5.70 Å². The van der Waals surface area contributed by atoms with Gasteiger partial charge < -0.3 is 10.2 Å². The van der Waals surface area contributed by atoms with Gasteiger partial charge >= 0.3 is 0 Å². The van der Waals surface area contributed by atoms with E-state index >= 15 is 0 Å². The Hall–Kier alpha value is -1.53. The molecule has 6 heteroatoms. The molecule has 1 aromatic heterocycles. The number of aromatic nitrogens is 1. The van der Waals surface area contributed by atoms with E-state index in [2.05, 4.69) is 22.9 Å². The summed E-state index contributed by atoms with van der Waals surface area (Å²) >= 11 is 5.86. The Bertz CT molecular complexity index is 650. The Morgan fingerprint density at radius 2 is 2.39 bits per heavy atom. The fourth-order valence-corrected chi connectivity index (χ4v) is 2.80. The summed E-state index contributed by atoms with van der Waals surface area (Å²) in [5.41, 5.74) is 4.10. The van der Waals surface area contributed by atoms with Crippen molar-refractivity contribution in [2.45, 2.75) is 5.50 Å². The van der Waals surface area contributed by atoms with Crippen molar-refractivity contribution in [3.63, 3.8) is 0 Å². The molecule has 4 nitrogen and oxygen atoms in total. The number of thiazole rings is 1. The number of carbonyl (C=O) groups is 1. The van der Waals surface area contributed by atoms with E-state index in [1.165, 1.54) is 0 Å². The largest absolute Gasteiger partial charge is 0.352 e. The van der Waals surface area contributed by atoms with E-state index in [0.717, 1.165) is 15.8 Å². The Balaban J connectivity index is 1.98. The monoisotopic (exact) mass is 277 g/mol. The zero-order chi connectivity index (χ0) is 12.7. The third-order valence-corrected chi connectivity index (χ3v) is 4.14. The Kier molecular flexibility index (Phi) is 2.76. The standard InChI is InChI=1S/C12H11N3OS2/c1-15-11(16)9(14-12(15)17)4-7-2-3-8-10(5-7)18-6-13-8/h2-6,12,14,17H,1H3/b9-4-. The lowest BCUT2D eigenvalue weighted by Gasteiger charge is -2.11. The summed E-state index contributed by atoms with van der Waals surface area (Å²) in [7, 11) is 1.72. The highest BCUT2D eigenvalue weighted by atomic mass is 32.1. The molecule has 0 bridgehead atoms. The molecule has 0 radical (unpaired) electrons. The molecule has 2 aromatic rings. The molecule has 0 aliphatic carbocycles. The van der Waals surface area contributed by atoms with Gasteiger partial charge in [-0.3, -0.25) is 4.79 Å². The van der Waals surface area contributed by atoms with Gasteiger partial charge in [-0.25, -0.2) is 4.98 Å². The maximum absolute atomic E-state index is 11.9. The average molecular weight is 277 g/mol. The van der Waals surface area contributed by atoms with Crippen LogP contribution in [0.4, 0.5) is 0 Å². The second kappa shape index (κ2) is 4.29. The maximum Gasteiger partial charge on any atom is 0.272 e. The zero-order valence-corrected chi connectivity index (χ0v) is 11.3. The Labute approximate surface area is 114 Å². The Morgan fingerprint density at radius 3 is 3.11 bits per heavy atom. The number of benzene rings is 1. The lowest BCUT2D eigenvalue weighted by atomic mass is 10.2. The van der Waals surface area contributed by atoms with Crippen molar-refractivity contribution in [1.29, 1.82) is 0 Å². The van der Waals surface area contributed by atoms with Crippen molar-refractivity contribution in [3.05, 3.63) is 35.0 Å². The molecule has 1 aliphatic heterocycles. The maximum atomic E-state index is 11.9. The summed E-state index contributed by atoms with van der Waals surface area (Å²) in [6.07, 6.45) is 1.84. The van der Waals surface area contributed by atoms with Crippen LogP contribution in [0.15, 0.2) is 29.4 Å². The summed E-state index contributed by atoms with van der Waals surface area (Å²) in [5, 5.41) is 3.03. The van der Waals surface area contributed by atoms with Gasteiger partial charge in [-0.15, -0.1) is 24.0 Å². The molecule has 2 heterocycles. The Morgan fingerprint density at radius 1 is 1.56 bits per heavy atom. The molecule has 1 amide bonds. The van der Waals surface area contributed by atoms with E-state index < -0.39 is 0 Å². The molecule has 1 aromatic carbocycles.